The Hall–Kier alpha value is -2.31. The summed E-state index contributed by atoms with van der Waals surface area (Å²) in [7, 11) is -2.39. The number of halogens is 1. The van der Waals surface area contributed by atoms with Crippen molar-refractivity contribution in [2.24, 2.45) is 0 Å². The number of imidazole rings is 1. The Kier molecular flexibility index (Phi) is 4.34. The van der Waals surface area contributed by atoms with Gasteiger partial charge in [-0.15, -0.1) is 0 Å². The molecule has 1 aromatic heterocycles. The summed E-state index contributed by atoms with van der Waals surface area (Å²) in [5.74, 6) is 0.665. The molecule has 0 N–H and O–H groups in total. The molecule has 0 aliphatic carbocycles. The summed E-state index contributed by atoms with van der Waals surface area (Å²) >= 11 is 5.98. The van der Waals surface area contributed by atoms with Crippen molar-refractivity contribution in [2.75, 3.05) is 7.11 Å². The summed E-state index contributed by atoms with van der Waals surface area (Å²) in [4.78, 5) is 4.44. The normalized spacial score (nSPS) is 11.5. The molecule has 0 aliphatic rings. The van der Waals surface area contributed by atoms with Gasteiger partial charge in [0.25, 0.3) is 10.0 Å². The summed E-state index contributed by atoms with van der Waals surface area (Å²) in [6.45, 7) is 1.75. The predicted molar refractivity (Wildman–Crippen MR) is 93.0 cm³/mol. The van der Waals surface area contributed by atoms with Crippen LogP contribution >= 0.6 is 11.6 Å². The molecule has 1 heterocycles. The Labute approximate surface area is 145 Å². The number of aromatic nitrogens is 2. The molecule has 0 fully saturated rings. The topological polar surface area (TPSA) is 61.2 Å². The van der Waals surface area contributed by atoms with Crippen molar-refractivity contribution in [1.82, 2.24) is 8.96 Å². The number of hydrogen-bond donors (Lipinski definition) is 0. The molecule has 2 aromatic carbocycles. The van der Waals surface area contributed by atoms with Gasteiger partial charge < -0.3 is 4.74 Å². The fourth-order valence-electron chi connectivity index (χ4n) is 2.35. The lowest BCUT2D eigenvalue weighted by atomic mass is 10.2. The molecule has 5 nitrogen and oxygen atoms in total. The number of nitrogens with zero attached hydrogens (tertiary/aromatic N) is 2. The van der Waals surface area contributed by atoms with Crippen LogP contribution in [0.4, 0.5) is 0 Å². The second-order valence-corrected chi connectivity index (χ2v) is 7.39. The first-order chi connectivity index (χ1) is 11.4. The van der Waals surface area contributed by atoms with E-state index < -0.39 is 10.0 Å². The average molecular weight is 363 g/mol. The molecular formula is C17H15ClN2O3S. The van der Waals surface area contributed by atoms with Gasteiger partial charge in [-0.25, -0.2) is 17.4 Å². The Bertz CT molecular complexity index is 982. The van der Waals surface area contributed by atoms with E-state index in [9.17, 15) is 8.42 Å². The molecule has 0 saturated heterocycles. The van der Waals surface area contributed by atoms with E-state index >= 15 is 0 Å². The number of aryl methyl sites for hydroxylation is 1. The van der Waals surface area contributed by atoms with Crippen LogP contribution in [0.15, 0.2) is 59.6 Å². The molecule has 7 heteroatoms. The fraction of sp³-hybridized carbons (Fsp3) is 0.118. The van der Waals surface area contributed by atoms with Crippen molar-refractivity contribution in [3.63, 3.8) is 0 Å². The number of ether oxygens (including phenoxy) is 1. The summed E-state index contributed by atoms with van der Waals surface area (Å²) in [6.07, 6.45) is 1.50. The van der Waals surface area contributed by atoms with Crippen LogP contribution in [-0.4, -0.2) is 24.5 Å². The lowest BCUT2D eigenvalue weighted by Gasteiger charge is -2.11. The third kappa shape index (κ3) is 2.90. The van der Waals surface area contributed by atoms with E-state index in [1.807, 2.05) is 30.3 Å². The second-order valence-electron chi connectivity index (χ2n) is 5.17. The Morgan fingerprint density at radius 2 is 1.83 bits per heavy atom. The van der Waals surface area contributed by atoms with Crippen LogP contribution in [-0.2, 0) is 10.0 Å². The number of rotatable bonds is 4. The summed E-state index contributed by atoms with van der Waals surface area (Å²) in [6, 6.07) is 13.5. The molecule has 0 bridgehead atoms. The summed E-state index contributed by atoms with van der Waals surface area (Å²) < 4.78 is 32.4. The van der Waals surface area contributed by atoms with Gasteiger partial charge in [0.05, 0.1) is 22.7 Å². The highest BCUT2D eigenvalue weighted by molar-refractivity contribution is 7.90. The molecule has 0 unspecified atom stereocenters. The zero-order chi connectivity index (χ0) is 17.3. The molecule has 24 heavy (non-hydrogen) atoms. The third-order valence-corrected chi connectivity index (χ3v) is 5.46. The number of hydrogen-bond acceptors (Lipinski definition) is 4. The van der Waals surface area contributed by atoms with Crippen molar-refractivity contribution in [3.05, 3.63) is 65.4 Å². The number of methoxy groups -OCH3 is 1. The smallest absolute Gasteiger partial charge is 0.269 e. The largest absolute Gasteiger partial charge is 0.495 e. The lowest BCUT2D eigenvalue weighted by molar-refractivity contribution is 0.413. The Morgan fingerprint density at radius 1 is 1.12 bits per heavy atom. The van der Waals surface area contributed by atoms with Crippen molar-refractivity contribution >= 4 is 21.6 Å². The van der Waals surface area contributed by atoms with Gasteiger partial charge in [-0.2, -0.15) is 0 Å². The van der Waals surface area contributed by atoms with Crippen molar-refractivity contribution in [1.29, 1.82) is 0 Å². The van der Waals surface area contributed by atoms with E-state index in [4.69, 9.17) is 16.3 Å². The highest BCUT2D eigenvalue weighted by Gasteiger charge is 2.23. The SMILES string of the molecule is COc1cc(S(=O)(=O)n2cc(C)nc2-c2ccccc2)ccc1Cl. The van der Waals surface area contributed by atoms with Gasteiger partial charge in [0.1, 0.15) is 5.75 Å². The summed E-state index contributed by atoms with van der Waals surface area (Å²) in [5, 5.41) is 0.349. The Morgan fingerprint density at radius 3 is 2.50 bits per heavy atom. The molecule has 0 aliphatic heterocycles. The molecule has 3 aromatic rings. The highest BCUT2D eigenvalue weighted by Crippen LogP contribution is 2.30. The molecular weight excluding hydrogens is 348 g/mol. The van der Waals surface area contributed by atoms with Gasteiger partial charge in [-0.1, -0.05) is 41.9 Å². The summed E-state index contributed by atoms with van der Waals surface area (Å²) in [5.41, 5.74) is 1.33. The number of benzene rings is 2. The van der Waals surface area contributed by atoms with Gasteiger partial charge in [-0.3, -0.25) is 0 Å². The van der Waals surface area contributed by atoms with Gasteiger partial charge in [0.2, 0.25) is 0 Å². The van der Waals surface area contributed by atoms with Crippen LogP contribution in [0.3, 0.4) is 0 Å². The third-order valence-electron chi connectivity index (χ3n) is 3.51. The molecule has 3 rings (SSSR count). The molecule has 124 valence electrons. The van der Waals surface area contributed by atoms with Crippen molar-refractivity contribution in [2.45, 2.75) is 11.8 Å². The van der Waals surface area contributed by atoms with Gasteiger partial charge in [0, 0.05) is 17.8 Å². The maximum absolute atomic E-state index is 13.0. The maximum Gasteiger partial charge on any atom is 0.269 e. The quantitative estimate of drug-likeness (QED) is 0.709. The minimum Gasteiger partial charge on any atom is -0.495 e. The minimum absolute atomic E-state index is 0.0818. The van der Waals surface area contributed by atoms with Crippen LogP contribution in [0.1, 0.15) is 5.69 Å². The van der Waals surface area contributed by atoms with E-state index in [1.165, 1.54) is 35.5 Å². The highest BCUT2D eigenvalue weighted by atomic mass is 35.5. The molecule has 0 amide bonds. The van der Waals surface area contributed by atoms with E-state index in [2.05, 4.69) is 4.98 Å². The van der Waals surface area contributed by atoms with E-state index in [-0.39, 0.29) is 4.90 Å². The molecule has 0 saturated carbocycles. The van der Waals surface area contributed by atoms with E-state index in [0.29, 0.717) is 22.3 Å². The van der Waals surface area contributed by atoms with Crippen LogP contribution in [0.25, 0.3) is 11.4 Å². The standard InChI is InChI=1S/C17H15ClN2O3S/c1-12-11-20(17(19-12)13-6-4-3-5-7-13)24(21,22)14-8-9-15(18)16(10-14)23-2/h3-11H,1-2H3. The van der Waals surface area contributed by atoms with Crippen LogP contribution in [0.2, 0.25) is 5.02 Å². The molecule has 0 atom stereocenters. The van der Waals surface area contributed by atoms with Crippen molar-refractivity contribution in [3.8, 4) is 17.1 Å². The first-order valence-electron chi connectivity index (χ1n) is 7.14. The zero-order valence-electron chi connectivity index (χ0n) is 13.1. The molecule has 0 spiro atoms. The van der Waals surface area contributed by atoms with Gasteiger partial charge in [-0.05, 0) is 19.1 Å². The minimum atomic E-state index is -3.83. The average Bonchev–Trinajstić information content (AvgIpc) is 2.98. The van der Waals surface area contributed by atoms with Crippen molar-refractivity contribution < 1.29 is 13.2 Å². The first kappa shape index (κ1) is 16.5. The fourth-order valence-corrected chi connectivity index (χ4v) is 3.94. The van der Waals surface area contributed by atoms with Crippen LogP contribution in [0.5, 0.6) is 5.75 Å². The van der Waals surface area contributed by atoms with Crippen LogP contribution < -0.4 is 4.74 Å². The monoisotopic (exact) mass is 362 g/mol. The Balaban J connectivity index is 2.18. The predicted octanol–water partition coefficient (Wildman–Crippen LogP) is 3.76. The maximum atomic E-state index is 13.0. The molecule has 0 radical (unpaired) electrons. The lowest BCUT2D eigenvalue weighted by Crippen LogP contribution is -2.13. The van der Waals surface area contributed by atoms with E-state index in [1.54, 1.807) is 6.92 Å². The first-order valence-corrected chi connectivity index (χ1v) is 8.96. The van der Waals surface area contributed by atoms with Crippen LogP contribution in [0, 0.1) is 6.92 Å². The van der Waals surface area contributed by atoms with Gasteiger partial charge in [0.15, 0.2) is 5.82 Å². The van der Waals surface area contributed by atoms with E-state index in [0.717, 1.165) is 5.56 Å². The van der Waals surface area contributed by atoms with Gasteiger partial charge >= 0.3 is 0 Å². The second kappa shape index (κ2) is 6.30. The zero-order valence-corrected chi connectivity index (χ0v) is 14.7.